The maximum absolute atomic E-state index is 12.1. The summed E-state index contributed by atoms with van der Waals surface area (Å²) in [6.45, 7) is 2.41. The molecule has 2 aromatic rings. The van der Waals surface area contributed by atoms with Crippen LogP contribution in [-0.4, -0.2) is 64.0 Å². The second-order valence-electron chi connectivity index (χ2n) is 5.86. The largest absolute Gasteiger partial charge is 0.378 e. The number of nitrogens with zero attached hydrogens (tertiary/aromatic N) is 6. The van der Waals surface area contributed by atoms with E-state index in [4.69, 9.17) is 4.74 Å². The van der Waals surface area contributed by atoms with Crippen LogP contribution >= 0.6 is 22.6 Å². The summed E-state index contributed by atoms with van der Waals surface area (Å²) < 4.78 is 6.24. The Labute approximate surface area is 167 Å². The van der Waals surface area contributed by atoms with Gasteiger partial charge in [-0.25, -0.2) is 5.43 Å². The Morgan fingerprint density at radius 2 is 2.19 bits per heavy atom. The van der Waals surface area contributed by atoms with Gasteiger partial charge in [0.25, 0.3) is 17.8 Å². The van der Waals surface area contributed by atoms with Crippen molar-refractivity contribution in [2.24, 2.45) is 5.10 Å². The average molecular weight is 482 g/mol. The molecule has 2 N–H and O–H groups in total. The number of tetrazole rings is 1. The maximum Gasteiger partial charge on any atom is 0.276 e. The van der Waals surface area contributed by atoms with Crippen LogP contribution in [0.5, 0.6) is 0 Å². The number of halogens is 1. The topological polar surface area (TPSA) is 127 Å². The predicted octanol–water partition coefficient (Wildman–Crippen LogP) is -0.413. The molecule has 1 fully saturated rings. The fraction of sp³-hybridized carbons (Fsp3) is 0.333. The zero-order valence-electron chi connectivity index (χ0n) is 14.1. The number of hydrogen-bond donors (Lipinski definition) is 2. The van der Waals surface area contributed by atoms with Crippen LogP contribution in [0.3, 0.4) is 0 Å². The first-order valence-electron chi connectivity index (χ1n) is 8.18. The van der Waals surface area contributed by atoms with Crippen LogP contribution in [0.2, 0.25) is 0 Å². The van der Waals surface area contributed by atoms with E-state index in [0.29, 0.717) is 43.5 Å². The minimum absolute atomic E-state index is 0.158. The molecule has 1 aromatic carbocycles. The molecule has 1 saturated heterocycles. The van der Waals surface area contributed by atoms with E-state index in [2.05, 4.69) is 53.8 Å². The van der Waals surface area contributed by atoms with Gasteiger partial charge in [0.15, 0.2) is 5.71 Å². The fourth-order valence-electron chi connectivity index (χ4n) is 2.71. The smallest absolute Gasteiger partial charge is 0.276 e. The monoisotopic (exact) mass is 482 g/mol. The van der Waals surface area contributed by atoms with Crippen molar-refractivity contribution >= 4 is 51.8 Å². The number of carbonyl (C=O) groups excluding carboxylic acids is 2. The highest BCUT2D eigenvalue weighted by Gasteiger charge is 2.26. The molecule has 2 aliphatic heterocycles. The van der Waals surface area contributed by atoms with Crippen LogP contribution in [0.25, 0.3) is 0 Å². The Morgan fingerprint density at radius 3 is 3.00 bits per heavy atom. The second kappa shape index (κ2) is 7.56. The van der Waals surface area contributed by atoms with E-state index in [1.807, 2.05) is 17.0 Å². The number of fused-ring (bicyclic) bond motifs is 1. The summed E-state index contributed by atoms with van der Waals surface area (Å²) in [5, 5.41) is 18.7. The first-order valence-corrected chi connectivity index (χ1v) is 9.26. The fourth-order valence-corrected chi connectivity index (χ4v) is 3.20. The SMILES string of the molecule is O=C(Cn1nnc(N2CCOCC2)n1)N/N=C1/C(=O)Nc2ccc(I)cc21. The van der Waals surface area contributed by atoms with Gasteiger partial charge in [0.05, 0.1) is 18.9 Å². The zero-order valence-corrected chi connectivity index (χ0v) is 16.2. The number of ether oxygens (including phenoxy) is 1. The van der Waals surface area contributed by atoms with Gasteiger partial charge < -0.3 is 15.0 Å². The number of hydrazone groups is 1. The van der Waals surface area contributed by atoms with Crippen molar-refractivity contribution in [1.82, 2.24) is 25.6 Å². The molecule has 4 rings (SSSR count). The van der Waals surface area contributed by atoms with Gasteiger partial charge in [-0.2, -0.15) is 9.90 Å². The molecule has 12 heteroatoms. The minimum atomic E-state index is -0.458. The van der Waals surface area contributed by atoms with Gasteiger partial charge in [-0.05, 0) is 46.0 Å². The van der Waals surface area contributed by atoms with Gasteiger partial charge in [-0.1, -0.05) is 5.10 Å². The third-order valence-electron chi connectivity index (χ3n) is 4.01. The summed E-state index contributed by atoms with van der Waals surface area (Å²) in [5.74, 6) is -0.364. The molecule has 0 unspecified atom stereocenters. The van der Waals surface area contributed by atoms with E-state index < -0.39 is 5.91 Å². The van der Waals surface area contributed by atoms with Crippen molar-refractivity contribution in [3.05, 3.63) is 27.3 Å². The number of morpholine rings is 1. The Bertz CT molecular complexity index is 922. The number of nitrogens with one attached hydrogen (secondary N) is 2. The van der Waals surface area contributed by atoms with Gasteiger partial charge in [0.2, 0.25) is 0 Å². The lowest BCUT2D eigenvalue weighted by Gasteiger charge is -2.24. The van der Waals surface area contributed by atoms with Crippen molar-refractivity contribution in [3.8, 4) is 0 Å². The summed E-state index contributed by atoms with van der Waals surface area (Å²) in [5.41, 5.74) is 3.86. The second-order valence-corrected chi connectivity index (χ2v) is 7.10. The van der Waals surface area contributed by atoms with Crippen LogP contribution in [0.4, 0.5) is 11.6 Å². The molecular weight excluding hydrogens is 467 g/mol. The third-order valence-corrected chi connectivity index (χ3v) is 4.68. The van der Waals surface area contributed by atoms with Crippen LogP contribution in [0.1, 0.15) is 5.56 Å². The lowest BCUT2D eigenvalue weighted by molar-refractivity contribution is -0.122. The molecule has 0 spiro atoms. The first kappa shape index (κ1) is 17.8. The number of benzene rings is 1. The van der Waals surface area contributed by atoms with Crippen molar-refractivity contribution in [2.45, 2.75) is 6.54 Å². The number of carbonyl (C=O) groups is 2. The first-order chi connectivity index (χ1) is 13.1. The summed E-state index contributed by atoms with van der Waals surface area (Å²) in [4.78, 5) is 27.3. The number of hydrogen-bond acceptors (Lipinski definition) is 8. The van der Waals surface area contributed by atoms with Crippen LogP contribution in [-0.2, 0) is 20.9 Å². The molecule has 2 amide bonds. The van der Waals surface area contributed by atoms with E-state index in [1.54, 1.807) is 6.07 Å². The van der Waals surface area contributed by atoms with Crippen molar-refractivity contribution < 1.29 is 14.3 Å². The normalized spacial score (nSPS) is 17.7. The molecular formula is C15H15IN8O3. The zero-order chi connectivity index (χ0) is 18.8. The molecule has 140 valence electrons. The summed E-state index contributed by atoms with van der Waals surface area (Å²) in [7, 11) is 0. The van der Waals surface area contributed by atoms with Crippen molar-refractivity contribution in [2.75, 3.05) is 36.5 Å². The van der Waals surface area contributed by atoms with Gasteiger partial charge in [-0.3, -0.25) is 9.59 Å². The average Bonchev–Trinajstić information content (AvgIpc) is 3.24. The lowest BCUT2D eigenvalue weighted by atomic mass is 10.1. The Hall–Kier alpha value is -2.61. The van der Waals surface area contributed by atoms with E-state index in [9.17, 15) is 9.59 Å². The molecule has 1 aromatic heterocycles. The highest BCUT2D eigenvalue weighted by molar-refractivity contribution is 14.1. The predicted molar refractivity (Wildman–Crippen MR) is 103 cm³/mol. The molecule has 27 heavy (non-hydrogen) atoms. The van der Waals surface area contributed by atoms with Crippen LogP contribution in [0.15, 0.2) is 23.3 Å². The molecule has 0 aliphatic carbocycles. The van der Waals surface area contributed by atoms with Crippen molar-refractivity contribution in [3.63, 3.8) is 0 Å². The van der Waals surface area contributed by atoms with Crippen LogP contribution in [0, 0.1) is 3.57 Å². The highest BCUT2D eigenvalue weighted by Crippen LogP contribution is 2.25. The number of anilines is 2. The van der Waals surface area contributed by atoms with Crippen LogP contribution < -0.4 is 15.6 Å². The van der Waals surface area contributed by atoms with E-state index in [-0.39, 0.29) is 18.2 Å². The quantitative estimate of drug-likeness (QED) is 0.448. The molecule has 3 heterocycles. The van der Waals surface area contributed by atoms with Gasteiger partial charge in [0, 0.05) is 22.2 Å². The molecule has 0 radical (unpaired) electrons. The number of amides is 2. The minimum Gasteiger partial charge on any atom is -0.378 e. The van der Waals surface area contributed by atoms with E-state index >= 15 is 0 Å². The van der Waals surface area contributed by atoms with Gasteiger partial charge >= 0.3 is 0 Å². The van der Waals surface area contributed by atoms with Crippen molar-refractivity contribution in [1.29, 1.82) is 0 Å². The standard InChI is InChI=1S/C15H15IN8O3/c16-9-1-2-11-10(7-9)13(14(26)17-11)19-18-12(25)8-24-21-15(20-22-24)23-3-5-27-6-4-23/h1-2,7H,3-6,8H2,(H,18,25)(H,17,19,26). The summed E-state index contributed by atoms with van der Waals surface area (Å²) >= 11 is 2.15. The molecule has 0 bridgehead atoms. The summed E-state index contributed by atoms with van der Waals surface area (Å²) in [6.07, 6.45) is 0. The number of aromatic nitrogens is 4. The third kappa shape index (κ3) is 3.90. The maximum atomic E-state index is 12.1. The summed E-state index contributed by atoms with van der Waals surface area (Å²) in [6, 6.07) is 5.50. The molecule has 0 atom stereocenters. The number of rotatable bonds is 4. The lowest BCUT2D eigenvalue weighted by Crippen LogP contribution is -2.37. The highest BCUT2D eigenvalue weighted by atomic mass is 127. The Kier molecular flexibility index (Phi) is 4.98. The van der Waals surface area contributed by atoms with Gasteiger partial charge in [0.1, 0.15) is 6.54 Å². The molecule has 2 aliphatic rings. The van der Waals surface area contributed by atoms with Gasteiger partial charge in [-0.15, -0.1) is 5.10 Å². The Balaban J connectivity index is 1.40. The Morgan fingerprint density at radius 1 is 1.37 bits per heavy atom. The van der Waals surface area contributed by atoms with E-state index in [0.717, 1.165) is 3.57 Å². The molecule has 11 nitrogen and oxygen atoms in total. The van der Waals surface area contributed by atoms with E-state index in [1.165, 1.54) is 4.80 Å². The molecule has 0 saturated carbocycles.